The second-order valence-electron chi connectivity index (χ2n) is 4.28. The molecule has 2 N–H and O–H groups in total. The highest BCUT2D eigenvalue weighted by molar-refractivity contribution is 7.11. The largest absolute Gasteiger partial charge is 0.481 e. The van der Waals surface area contributed by atoms with Gasteiger partial charge in [0.25, 0.3) is 0 Å². The predicted molar refractivity (Wildman–Crippen MR) is 74.1 cm³/mol. The van der Waals surface area contributed by atoms with Crippen LogP contribution in [0.15, 0.2) is 24.3 Å². The van der Waals surface area contributed by atoms with Crippen LogP contribution >= 0.6 is 11.5 Å². The number of benzene rings is 1. The fourth-order valence-corrected chi connectivity index (χ4v) is 2.63. The third-order valence-electron chi connectivity index (χ3n) is 2.98. The summed E-state index contributed by atoms with van der Waals surface area (Å²) in [6.45, 7) is 2.69. The highest BCUT2D eigenvalue weighted by Crippen LogP contribution is 2.27. The maximum absolute atomic E-state index is 10.7. The Morgan fingerprint density at radius 3 is 3.00 bits per heavy atom. The van der Waals surface area contributed by atoms with Gasteiger partial charge in [-0.05, 0) is 29.6 Å². The summed E-state index contributed by atoms with van der Waals surface area (Å²) in [6.07, 6.45) is 1.07. The van der Waals surface area contributed by atoms with Crippen LogP contribution in [0, 0.1) is 5.92 Å². The molecule has 0 aliphatic carbocycles. The first-order valence-electron chi connectivity index (χ1n) is 6.00. The molecule has 2 aromatic rings. The lowest BCUT2D eigenvalue weighted by molar-refractivity contribution is -0.138. The van der Waals surface area contributed by atoms with Crippen LogP contribution in [0.3, 0.4) is 0 Å². The van der Waals surface area contributed by atoms with Crippen molar-refractivity contribution in [2.75, 3.05) is 11.9 Å². The molecule has 96 valence electrons. The van der Waals surface area contributed by atoms with E-state index in [1.165, 1.54) is 11.5 Å². The molecule has 1 aromatic carbocycles. The van der Waals surface area contributed by atoms with E-state index >= 15 is 0 Å². The van der Waals surface area contributed by atoms with Gasteiger partial charge in [0.05, 0.1) is 5.52 Å². The number of hydrogen-bond acceptors (Lipinski definition) is 4. The molecule has 0 amide bonds. The summed E-state index contributed by atoms with van der Waals surface area (Å²) in [4.78, 5) is 10.7. The molecule has 0 aliphatic heterocycles. The standard InChI is InChI=1S/C13H16N2O2S/c1-2-9(7-12(16)17)8-14-13-10-5-3-4-6-11(10)15-18-13/h3-6,9,14H,2,7-8H2,1H3,(H,16,17). The number of hydrogen-bond donors (Lipinski definition) is 2. The summed E-state index contributed by atoms with van der Waals surface area (Å²) in [5, 5.41) is 14.3. The second-order valence-corrected chi connectivity index (χ2v) is 5.06. The molecular weight excluding hydrogens is 248 g/mol. The van der Waals surface area contributed by atoms with Gasteiger partial charge in [0.1, 0.15) is 5.00 Å². The third kappa shape index (κ3) is 2.98. The topological polar surface area (TPSA) is 62.2 Å². The van der Waals surface area contributed by atoms with Crippen molar-refractivity contribution in [2.24, 2.45) is 5.92 Å². The van der Waals surface area contributed by atoms with Gasteiger partial charge < -0.3 is 10.4 Å². The summed E-state index contributed by atoms with van der Waals surface area (Å²) in [7, 11) is 0. The van der Waals surface area contributed by atoms with Crippen LogP contribution in [-0.2, 0) is 4.79 Å². The highest BCUT2D eigenvalue weighted by Gasteiger charge is 2.12. The molecule has 0 fully saturated rings. The van der Waals surface area contributed by atoms with E-state index in [4.69, 9.17) is 5.11 Å². The molecule has 1 atom stereocenters. The molecule has 1 heterocycles. The number of rotatable bonds is 6. The number of fused-ring (bicyclic) bond motifs is 1. The Bertz CT molecular complexity index is 539. The van der Waals surface area contributed by atoms with Crippen LogP contribution in [0.4, 0.5) is 5.00 Å². The summed E-state index contributed by atoms with van der Waals surface area (Å²) >= 11 is 1.43. The molecule has 2 rings (SSSR count). The smallest absolute Gasteiger partial charge is 0.303 e. The molecule has 0 bridgehead atoms. The Kier molecular flexibility index (Phi) is 4.15. The molecule has 0 spiro atoms. The number of anilines is 1. The van der Waals surface area contributed by atoms with Crippen molar-refractivity contribution in [2.45, 2.75) is 19.8 Å². The lowest BCUT2D eigenvalue weighted by Gasteiger charge is -2.13. The summed E-state index contributed by atoms with van der Waals surface area (Å²) in [5.41, 5.74) is 0.983. The van der Waals surface area contributed by atoms with Gasteiger partial charge in [0, 0.05) is 18.4 Å². The molecule has 1 unspecified atom stereocenters. The number of aromatic nitrogens is 1. The Morgan fingerprint density at radius 1 is 1.50 bits per heavy atom. The SMILES string of the molecule is CCC(CNc1snc2ccccc12)CC(=O)O. The first-order chi connectivity index (χ1) is 8.70. The van der Waals surface area contributed by atoms with Crippen molar-refractivity contribution >= 4 is 33.4 Å². The van der Waals surface area contributed by atoms with E-state index in [0.29, 0.717) is 6.54 Å². The van der Waals surface area contributed by atoms with Crippen molar-refractivity contribution in [3.05, 3.63) is 24.3 Å². The minimum atomic E-state index is -0.738. The van der Waals surface area contributed by atoms with Gasteiger partial charge in [-0.25, -0.2) is 0 Å². The number of carboxylic acid groups (broad SMARTS) is 1. The van der Waals surface area contributed by atoms with Gasteiger partial charge in [-0.3, -0.25) is 4.79 Å². The van der Waals surface area contributed by atoms with Crippen molar-refractivity contribution < 1.29 is 9.90 Å². The van der Waals surface area contributed by atoms with Crippen molar-refractivity contribution in [1.82, 2.24) is 4.37 Å². The van der Waals surface area contributed by atoms with Crippen LogP contribution < -0.4 is 5.32 Å². The Morgan fingerprint density at radius 2 is 2.28 bits per heavy atom. The zero-order valence-corrected chi connectivity index (χ0v) is 11.0. The maximum Gasteiger partial charge on any atom is 0.303 e. The van der Waals surface area contributed by atoms with Crippen molar-refractivity contribution in [1.29, 1.82) is 0 Å². The van der Waals surface area contributed by atoms with Crippen molar-refractivity contribution in [3.63, 3.8) is 0 Å². The summed E-state index contributed by atoms with van der Waals surface area (Å²) < 4.78 is 4.35. The lowest BCUT2D eigenvalue weighted by atomic mass is 10.0. The minimum Gasteiger partial charge on any atom is -0.481 e. The molecule has 4 nitrogen and oxygen atoms in total. The van der Waals surface area contributed by atoms with E-state index in [1.807, 2.05) is 31.2 Å². The molecule has 18 heavy (non-hydrogen) atoms. The van der Waals surface area contributed by atoms with Gasteiger partial charge in [-0.2, -0.15) is 4.37 Å². The maximum atomic E-state index is 10.7. The molecule has 0 radical (unpaired) electrons. The first kappa shape index (κ1) is 12.8. The number of nitrogens with zero attached hydrogens (tertiary/aromatic N) is 1. The van der Waals surface area contributed by atoms with Crippen LogP contribution in [0.1, 0.15) is 19.8 Å². The van der Waals surface area contributed by atoms with Crippen LogP contribution in [-0.4, -0.2) is 22.0 Å². The van der Waals surface area contributed by atoms with Gasteiger partial charge in [-0.1, -0.05) is 25.5 Å². The van der Waals surface area contributed by atoms with Gasteiger partial charge in [-0.15, -0.1) is 0 Å². The number of nitrogens with one attached hydrogen (secondary N) is 1. The van der Waals surface area contributed by atoms with E-state index in [2.05, 4.69) is 9.69 Å². The quantitative estimate of drug-likeness (QED) is 0.841. The average molecular weight is 264 g/mol. The Labute approximate surface area is 110 Å². The van der Waals surface area contributed by atoms with Crippen molar-refractivity contribution in [3.8, 4) is 0 Å². The van der Waals surface area contributed by atoms with Gasteiger partial charge >= 0.3 is 5.97 Å². The molecule has 5 heteroatoms. The monoisotopic (exact) mass is 264 g/mol. The molecular formula is C13H16N2O2S. The molecule has 0 saturated carbocycles. The van der Waals surface area contributed by atoms with Crippen LogP contribution in [0.2, 0.25) is 0 Å². The van der Waals surface area contributed by atoms with Crippen LogP contribution in [0.25, 0.3) is 10.9 Å². The van der Waals surface area contributed by atoms with Gasteiger partial charge in [0.15, 0.2) is 0 Å². The molecule has 0 saturated heterocycles. The Hall–Kier alpha value is -1.62. The zero-order chi connectivity index (χ0) is 13.0. The normalized spacial score (nSPS) is 12.5. The van der Waals surface area contributed by atoms with E-state index in [1.54, 1.807) is 0 Å². The van der Waals surface area contributed by atoms with Gasteiger partial charge in [0.2, 0.25) is 0 Å². The summed E-state index contributed by atoms with van der Waals surface area (Å²) in [5.74, 6) is -0.582. The molecule has 0 aliphatic rings. The fourth-order valence-electron chi connectivity index (χ4n) is 1.86. The average Bonchev–Trinajstić information content (AvgIpc) is 2.77. The third-order valence-corrected chi connectivity index (χ3v) is 3.81. The van der Waals surface area contributed by atoms with Crippen LogP contribution in [0.5, 0.6) is 0 Å². The number of aliphatic carboxylic acids is 1. The molecule has 1 aromatic heterocycles. The predicted octanol–water partition coefficient (Wildman–Crippen LogP) is 3.21. The number of carboxylic acids is 1. The first-order valence-corrected chi connectivity index (χ1v) is 6.78. The Balaban J connectivity index is 2.03. The minimum absolute atomic E-state index is 0.156. The van der Waals surface area contributed by atoms with E-state index in [-0.39, 0.29) is 12.3 Å². The zero-order valence-electron chi connectivity index (χ0n) is 10.2. The van der Waals surface area contributed by atoms with E-state index < -0.39 is 5.97 Å². The van der Waals surface area contributed by atoms with E-state index in [9.17, 15) is 4.79 Å². The second kappa shape index (κ2) is 5.82. The van der Waals surface area contributed by atoms with E-state index in [0.717, 1.165) is 22.3 Å². The summed E-state index contributed by atoms with van der Waals surface area (Å²) in [6, 6.07) is 7.95. The lowest BCUT2D eigenvalue weighted by Crippen LogP contribution is -2.16. The highest BCUT2D eigenvalue weighted by atomic mass is 32.1. The number of carbonyl (C=O) groups is 1. The fraction of sp³-hybridized carbons (Fsp3) is 0.385.